The highest BCUT2D eigenvalue weighted by atomic mass is 32.2. The summed E-state index contributed by atoms with van der Waals surface area (Å²) < 4.78 is 30.9. The van der Waals surface area contributed by atoms with Gasteiger partial charge in [-0.2, -0.15) is 0 Å². The van der Waals surface area contributed by atoms with Crippen molar-refractivity contribution in [2.24, 2.45) is 0 Å². The molecule has 2 N–H and O–H groups in total. The summed E-state index contributed by atoms with van der Waals surface area (Å²) in [4.78, 5) is 13.7. The molecule has 0 spiro atoms. The highest BCUT2D eigenvalue weighted by Gasteiger charge is 2.16. The van der Waals surface area contributed by atoms with E-state index in [1.807, 2.05) is 0 Å². The zero-order chi connectivity index (χ0) is 13.4. The maximum absolute atomic E-state index is 11.8. The Morgan fingerprint density at radius 2 is 2.11 bits per heavy atom. The van der Waals surface area contributed by atoms with Crippen molar-refractivity contribution < 1.29 is 13.2 Å². The van der Waals surface area contributed by atoms with Crippen LogP contribution in [-0.2, 0) is 14.8 Å². The normalized spacial score (nSPS) is 11.6. The summed E-state index contributed by atoms with van der Waals surface area (Å²) in [5.41, 5.74) is -0.513. The summed E-state index contributed by atoms with van der Waals surface area (Å²) in [6.07, 6.45) is 5.07. The first-order valence-electron chi connectivity index (χ1n) is 5.73. The number of ether oxygens (including phenoxy) is 1. The number of pyridine rings is 1. The van der Waals surface area contributed by atoms with Crippen molar-refractivity contribution in [3.8, 4) is 0 Å². The topological polar surface area (TPSA) is 88.3 Å². The van der Waals surface area contributed by atoms with E-state index in [9.17, 15) is 13.2 Å². The van der Waals surface area contributed by atoms with Gasteiger partial charge in [-0.25, -0.2) is 13.1 Å². The van der Waals surface area contributed by atoms with E-state index >= 15 is 0 Å². The van der Waals surface area contributed by atoms with Crippen molar-refractivity contribution in [1.29, 1.82) is 0 Å². The maximum atomic E-state index is 11.8. The zero-order valence-corrected chi connectivity index (χ0v) is 11.1. The maximum Gasteiger partial charge on any atom is 0.245 e. The molecule has 1 aromatic rings. The molecule has 7 heteroatoms. The molecule has 0 bridgehead atoms. The lowest BCUT2D eigenvalue weighted by atomic mass is 10.2. The summed E-state index contributed by atoms with van der Waals surface area (Å²) in [5.74, 6) is 0. The van der Waals surface area contributed by atoms with Gasteiger partial charge in [0.05, 0.1) is 0 Å². The highest BCUT2D eigenvalue weighted by Crippen LogP contribution is 2.01. The minimum atomic E-state index is -3.71. The van der Waals surface area contributed by atoms with E-state index < -0.39 is 15.5 Å². The van der Waals surface area contributed by atoms with Crippen LogP contribution in [0.2, 0.25) is 0 Å². The number of rotatable bonds is 8. The van der Waals surface area contributed by atoms with E-state index in [1.54, 1.807) is 7.11 Å². The molecule has 0 unspecified atom stereocenters. The molecule has 0 aliphatic heterocycles. The van der Waals surface area contributed by atoms with E-state index in [-0.39, 0.29) is 4.90 Å². The van der Waals surface area contributed by atoms with Crippen molar-refractivity contribution in [1.82, 2.24) is 9.71 Å². The lowest BCUT2D eigenvalue weighted by Crippen LogP contribution is -2.29. The molecular weight excluding hydrogens is 256 g/mol. The van der Waals surface area contributed by atoms with Gasteiger partial charge in [0.1, 0.15) is 4.90 Å². The molecule has 18 heavy (non-hydrogen) atoms. The van der Waals surface area contributed by atoms with Crippen LogP contribution in [0.25, 0.3) is 0 Å². The standard InChI is InChI=1S/C11H18N2O4S/c1-17-8-4-2-3-6-13-18(15,16)11-9-12-7-5-10(11)14/h5,7,9,13H,2-4,6,8H2,1H3,(H,12,14). The Balaban J connectivity index is 2.46. The summed E-state index contributed by atoms with van der Waals surface area (Å²) in [6, 6.07) is 1.19. The quantitative estimate of drug-likeness (QED) is 0.674. The number of hydrogen-bond donors (Lipinski definition) is 2. The first-order chi connectivity index (χ1) is 8.58. The van der Waals surface area contributed by atoms with Gasteiger partial charge >= 0.3 is 0 Å². The smallest absolute Gasteiger partial charge is 0.245 e. The number of unbranched alkanes of at least 4 members (excludes halogenated alkanes) is 2. The molecule has 1 aromatic heterocycles. The fourth-order valence-electron chi connectivity index (χ4n) is 1.44. The minimum absolute atomic E-state index is 0.248. The van der Waals surface area contributed by atoms with Crippen molar-refractivity contribution >= 4 is 10.0 Å². The Labute approximate surface area is 106 Å². The molecule has 0 fully saturated rings. The number of sulfonamides is 1. The van der Waals surface area contributed by atoms with E-state index in [2.05, 4.69) is 9.71 Å². The van der Waals surface area contributed by atoms with Crippen LogP contribution in [0.4, 0.5) is 0 Å². The molecule has 0 aliphatic carbocycles. The summed E-state index contributed by atoms with van der Waals surface area (Å²) in [5, 5.41) is 0. The highest BCUT2D eigenvalue weighted by molar-refractivity contribution is 7.89. The first kappa shape index (κ1) is 14.9. The number of methoxy groups -OCH3 is 1. The summed E-state index contributed by atoms with van der Waals surface area (Å²) in [7, 11) is -2.08. The van der Waals surface area contributed by atoms with Crippen LogP contribution in [0.3, 0.4) is 0 Å². The van der Waals surface area contributed by atoms with E-state index in [0.717, 1.165) is 12.8 Å². The van der Waals surface area contributed by atoms with Crippen molar-refractivity contribution in [2.45, 2.75) is 24.2 Å². The van der Waals surface area contributed by atoms with Gasteiger partial charge in [0.2, 0.25) is 15.5 Å². The lowest BCUT2D eigenvalue weighted by molar-refractivity contribution is 0.192. The van der Waals surface area contributed by atoms with Gasteiger partial charge < -0.3 is 9.72 Å². The average Bonchev–Trinajstić information content (AvgIpc) is 2.34. The van der Waals surface area contributed by atoms with E-state index in [4.69, 9.17) is 4.74 Å². The molecule has 0 amide bonds. The monoisotopic (exact) mass is 274 g/mol. The van der Waals surface area contributed by atoms with Crippen LogP contribution >= 0.6 is 0 Å². The molecule has 0 atom stereocenters. The molecule has 6 nitrogen and oxygen atoms in total. The number of nitrogens with one attached hydrogen (secondary N) is 2. The van der Waals surface area contributed by atoms with Crippen LogP contribution in [0.1, 0.15) is 19.3 Å². The minimum Gasteiger partial charge on any atom is -0.385 e. The number of hydrogen-bond acceptors (Lipinski definition) is 4. The third-order valence-corrected chi connectivity index (χ3v) is 3.88. The Hall–Kier alpha value is -1.18. The molecule has 102 valence electrons. The van der Waals surface area contributed by atoms with Gasteiger partial charge in [-0.3, -0.25) is 4.79 Å². The number of H-pyrrole nitrogens is 1. The van der Waals surface area contributed by atoms with Gasteiger partial charge in [-0.1, -0.05) is 0 Å². The van der Waals surface area contributed by atoms with Crippen LogP contribution < -0.4 is 10.2 Å². The molecule has 0 radical (unpaired) electrons. The second kappa shape index (κ2) is 7.30. The second-order valence-corrected chi connectivity index (χ2v) is 5.56. The molecule has 0 saturated carbocycles. The van der Waals surface area contributed by atoms with Crippen LogP contribution in [-0.4, -0.2) is 33.7 Å². The largest absolute Gasteiger partial charge is 0.385 e. The van der Waals surface area contributed by atoms with Crippen molar-refractivity contribution in [3.05, 3.63) is 28.7 Å². The van der Waals surface area contributed by atoms with Crippen LogP contribution in [0, 0.1) is 0 Å². The Morgan fingerprint density at radius 1 is 1.33 bits per heavy atom. The van der Waals surface area contributed by atoms with Crippen molar-refractivity contribution in [3.63, 3.8) is 0 Å². The summed E-state index contributed by atoms with van der Waals surface area (Å²) >= 11 is 0. The molecule has 0 aromatic carbocycles. The zero-order valence-electron chi connectivity index (χ0n) is 10.3. The second-order valence-electron chi connectivity index (χ2n) is 3.82. The molecule has 0 aliphatic rings. The van der Waals surface area contributed by atoms with Gasteiger partial charge in [-0.15, -0.1) is 0 Å². The van der Waals surface area contributed by atoms with E-state index in [0.29, 0.717) is 19.6 Å². The van der Waals surface area contributed by atoms with Crippen LogP contribution in [0.5, 0.6) is 0 Å². The first-order valence-corrected chi connectivity index (χ1v) is 7.22. The van der Waals surface area contributed by atoms with Gasteiger partial charge in [-0.05, 0) is 19.3 Å². The average molecular weight is 274 g/mol. The number of aromatic amines is 1. The van der Waals surface area contributed by atoms with Crippen LogP contribution in [0.15, 0.2) is 28.2 Å². The molecule has 1 rings (SSSR count). The third-order valence-electron chi connectivity index (χ3n) is 2.40. The molecule has 1 heterocycles. The van der Waals surface area contributed by atoms with Gasteiger partial charge in [0.15, 0.2) is 0 Å². The van der Waals surface area contributed by atoms with E-state index in [1.165, 1.54) is 18.5 Å². The molecular formula is C11H18N2O4S. The van der Waals surface area contributed by atoms with Crippen molar-refractivity contribution in [2.75, 3.05) is 20.3 Å². The number of aromatic nitrogens is 1. The fourth-order valence-corrected chi connectivity index (χ4v) is 2.57. The summed E-state index contributed by atoms with van der Waals surface area (Å²) in [6.45, 7) is 0.992. The Kier molecular flexibility index (Phi) is 6.03. The Bertz CT molecular complexity index is 510. The Morgan fingerprint density at radius 3 is 2.78 bits per heavy atom. The third kappa shape index (κ3) is 4.59. The van der Waals surface area contributed by atoms with Gasteiger partial charge in [0, 0.05) is 38.7 Å². The fraction of sp³-hybridized carbons (Fsp3) is 0.545. The predicted octanol–water partition coefficient (Wildman–Crippen LogP) is 0.470. The predicted molar refractivity (Wildman–Crippen MR) is 68.0 cm³/mol. The lowest BCUT2D eigenvalue weighted by Gasteiger charge is -2.05. The van der Waals surface area contributed by atoms with Gasteiger partial charge in [0.25, 0.3) is 0 Å². The molecule has 0 saturated heterocycles. The SMILES string of the molecule is COCCCCCNS(=O)(=O)c1c[nH]ccc1=O.